The predicted molar refractivity (Wildman–Crippen MR) is 130 cm³/mol. The molecule has 6 nitrogen and oxygen atoms in total. The Morgan fingerprint density at radius 3 is 1.70 bits per heavy atom. The largest absolute Gasteiger partial charge is 0.397 e. The topological polar surface area (TPSA) is 70.4 Å². The minimum atomic E-state index is -0.382. The molecule has 0 saturated carbocycles. The van der Waals surface area contributed by atoms with Gasteiger partial charge in [-0.05, 0) is 56.2 Å². The zero-order valence-corrected chi connectivity index (χ0v) is 19.5. The Morgan fingerprint density at radius 1 is 0.767 bits per heavy atom. The van der Waals surface area contributed by atoms with Crippen molar-refractivity contribution in [1.82, 2.24) is 0 Å². The van der Waals surface area contributed by atoms with Crippen molar-refractivity contribution in [2.45, 2.75) is 32.9 Å². The highest BCUT2D eigenvalue weighted by atomic mass is 16.3. The van der Waals surface area contributed by atoms with Crippen LogP contribution in [0.2, 0.25) is 0 Å². The summed E-state index contributed by atoms with van der Waals surface area (Å²) < 4.78 is 0. The lowest BCUT2D eigenvalue weighted by Gasteiger charge is -2.24. The molecular formula is C24H41N3O3. The monoisotopic (exact) mass is 419 g/mol. The van der Waals surface area contributed by atoms with E-state index in [0.29, 0.717) is 0 Å². The summed E-state index contributed by atoms with van der Waals surface area (Å²) >= 11 is 0. The van der Waals surface area contributed by atoms with E-state index < -0.39 is 0 Å². The van der Waals surface area contributed by atoms with E-state index in [9.17, 15) is 5.11 Å². The van der Waals surface area contributed by atoms with Gasteiger partial charge in [0.2, 0.25) is 0 Å². The maximum atomic E-state index is 9.51. The van der Waals surface area contributed by atoms with Gasteiger partial charge in [0, 0.05) is 65.0 Å². The van der Waals surface area contributed by atoms with E-state index in [0.717, 1.165) is 25.1 Å². The van der Waals surface area contributed by atoms with Crippen LogP contribution in [0.25, 0.3) is 0 Å². The quantitative estimate of drug-likeness (QED) is 0.570. The molecule has 170 valence electrons. The molecule has 0 bridgehead atoms. The minimum Gasteiger partial charge on any atom is -0.397 e. The highest BCUT2D eigenvalue weighted by Gasteiger charge is 2.07. The van der Waals surface area contributed by atoms with Crippen LogP contribution in [0.3, 0.4) is 0 Å². The lowest BCUT2D eigenvalue weighted by Crippen LogP contribution is -2.30. The van der Waals surface area contributed by atoms with Gasteiger partial charge in [-0.3, -0.25) is 0 Å². The molecule has 0 aliphatic rings. The molecule has 2 aromatic rings. The van der Waals surface area contributed by atoms with Gasteiger partial charge in [-0.2, -0.15) is 0 Å². The fourth-order valence-corrected chi connectivity index (χ4v) is 2.55. The van der Waals surface area contributed by atoms with Crippen LogP contribution < -0.4 is 14.7 Å². The zero-order valence-electron chi connectivity index (χ0n) is 19.5. The van der Waals surface area contributed by atoms with Gasteiger partial charge in [0.25, 0.3) is 0 Å². The van der Waals surface area contributed by atoms with Crippen molar-refractivity contribution in [3.63, 3.8) is 0 Å². The standard InChI is InChI=1S/C12H20N2O.C10H15NO.C2H6O/c1-13(2)11-5-7-12(8-6-11)14(3)9-4-10-15;1-3-10(12)11(2)9-7-5-4-6-8-9;1-2-3/h5-8,15H,4,9-10H2,1-3H3;4-8,10,12H,3H2,1-2H3;3H,2H2,1H3. The molecule has 0 aliphatic carbocycles. The number of hydrogen-bond donors (Lipinski definition) is 3. The van der Waals surface area contributed by atoms with Crippen molar-refractivity contribution in [2.24, 2.45) is 0 Å². The Labute approximate surface area is 183 Å². The second-order valence-electron chi connectivity index (χ2n) is 7.06. The van der Waals surface area contributed by atoms with Crippen LogP contribution in [0.1, 0.15) is 26.7 Å². The van der Waals surface area contributed by atoms with Crippen LogP contribution >= 0.6 is 0 Å². The van der Waals surface area contributed by atoms with Crippen molar-refractivity contribution in [3.8, 4) is 0 Å². The molecule has 0 aromatic heterocycles. The molecule has 0 heterocycles. The molecule has 1 unspecified atom stereocenters. The molecule has 30 heavy (non-hydrogen) atoms. The number of anilines is 3. The van der Waals surface area contributed by atoms with E-state index in [4.69, 9.17) is 10.2 Å². The number of benzene rings is 2. The predicted octanol–water partition coefficient (Wildman–Crippen LogP) is 3.42. The van der Waals surface area contributed by atoms with E-state index in [2.05, 4.69) is 34.1 Å². The highest BCUT2D eigenvalue weighted by Crippen LogP contribution is 2.18. The van der Waals surface area contributed by atoms with Crippen LogP contribution in [0.4, 0.5) is 17.1 Å². The average molecular weight is 420 g/mol. The summed E-state index contributed by atoms with van der Waals surface area (Å²) in [5, 5.41) is 25.8. The third kappa shape index (κ3) is 11.0. The number of aliphatic hydroxyl groups is 3. The first-order valence-electron chi connectivity index (χ1n) is 10.5. The number of para-hydroxylation sites is 1. The number of rotatable bonds is 8. The van der Waals surface area contributed by atoms with Crippen molar-refractivity contribution >= 4 is 17.1 Å². The maximum absolute atomic E-state index is 9.51. The minimum absolute atomic E-state index is 0.250. The van der Waals surface area contributed by atoms with Gasteiger partial charge in [0.15, 0.2) is 0 Å². The Bertz CT molecular complexity index is 636. The molecule has 0 saturated heterocycles. The Morgan fingerprint density at radius 2 is 1.27 bits per heavy atom. The van der Waals surface area contributed by atoms with Crippen molar-refractivity contribution in [3.05, 3.63) is 54.6 Å². The van der Waals surface area contributed by atoms with E-state index >= 15 is 0 Å². The van der Waals surface area contributed by atoms with Gasteiger partial charge in [0.1, 0.15) is 6.23 Å². The summed E-state index contributed by atoms with van der Waals surface area (Å²) in [6.45, 7) is 5.03. The van der Waals surface area contributed by atoms with Crippen LogP contribution in [0.15, 0.2) is 54.6 Å². The summed E-state index contributed by atoms with van der Waals surface area (Å²) in [6, 6.07) is 18.3. The van der Waals surface area contributed by atoms with Crippen LogP contribution in [0.5, 0.6) is 0 Å². The van der Waals surface area contributed by atoms with E-state index in [1.807, 2.05) is 70.3 Å². The molecule has 3 N–H and O–H groups in total. The number of aliphatic hydroxyl groups excluding tert-OH is 3. The molecule has 2 aromatic carbocycles. The summed E-state index contributed by atoms with van der Waals surface area (Å²) in [5.41, 5.74) is 3.44. The maximum Gasteiger partial charge on any atom is 0.126 e. The van der Waals surface area contributed by atoms with Gasteiger partial charge >= 0.3 is 0 Å². The third-order valence-corrected chi connectivity index (χ3v) is 4.43. The fourth-order valence-electron chi connectivity index (χ4n) is 2.55. The SMILES string of the molecule is CCC(O)N(C)c1ccccc1.CCO.CN(C)c1ccc(N(C)CCCO)cc1. The smallest absolute Gasteiger partial charge is 0.126 e. The molecule has 0 fully saturated rings. The molecule has 1 atom stereocenters. The Hall–Kier alpha value is -2.28. The second-order valence-corrected chi connectivity index (χ2v) is 7.06. The highest BCUT2D eigenvalue weighted by molar-refractivity contribution is 5.55. The van der Waals surface area contributed by atoms with E-state index in [-0.39, 0.29) is 19.4 Å². The van der Waals surface area contributed by atoms with Crippen molar-refractivity contribution in [2.75, 3.05) is 62.6 Å². The van der Waals surface area contributed by atoms with E-state index in [1.54, 1.807) is 6.92 Å². The van der Waals surface area contributed by atoms with E-state index in [1.165, 1.54) is 11.4 Å². The van der Waals surface area contributed by atoms with Gasteiger partial charge in [-0.25, -0.2) is 0 Å². The first kappa shape index (κ1) is 27.7. The molecule has 0 aliphatic heterocycles. The summed E-state index contributed by atoms with van der Waals surface area (Å²) in [6.07, 6.45) is 1.17. The lowest BCUT2D eigenvalue weighted by molar-refractivity contribution is 0.170. The Kier molecular flexibility index (Phi) is 15.3. The summed E-state index contributed by atoms with van der Waals surface area (Å²) in [5.74, 6) is 0. The van der Waals surface area contributed by atoms with Crippen LogP contribution in [-0.4, -0.2) is 69.5 Å². The van der Waals surface area contributed by atoms with Gasteiger partial charge < -0.3 is 30.0 Å². The molecule has 6 heteroatoms. The van der Waals surface area contributed by atoms with Crippen molar-refractivity contribution < 1.29 is 15.3 Å². The average Bonchev–Trinajstić information content (AvgIpc) is 2.78. The third-order valence-electron chi connectivity index (χ3n) is 4.43. The van der Waals surface area contributed by atoms with Crippen molar-refractivity contribution in [1.29, 1.82) is 0 Å². The Balaban J connectivity index is 0.000000505. The van der Waals surface area contributed by atoms with Crippen LogP contribution in [0, 0.1) is 0 Å². The first-order chi connectivity index (χ1) is 14.3. The molecule has 2 rings (SSSR count). The zero-order chi connectivity index (χ0) is 22.9. The molecule has 0 spiro atoms. The molecule has 0 radical (unpaired) electrons. The molecular weight excluding hydrogens is 378 g/mol. The van der Waals surface area contributed by atoms with Gasteiger partial charge in [0.05, 0.1) is 0 Å². The summed E-state index contributed by atoms with van der Waals surface area (Å²) in [7, 11) is 8.00. The second kappa shape index (κ2) is 16.5. The van der Waals surface area contributed by atoms with Gasteiger partial charge in [-0.1, -0.05) is 25.1 Å². The first-order valence-corrected chi connectivity index (χ1v) is 10.5. The summed E-state index contributed by atoms with van der Waals surface area (Å²) in [4.78, 5) is 6.09. The normalized spacial score (nSPS) is 10.7. The lowest BCUT2D eigenvalue weighted by atomic mass is 10.2. The van der Waals surface area contributed by atoms with Gasteiger partial charge in [-0.15, -0.1) is 0 Å². The fraction of sp³-hybridized carbons (Fsp3) is 0.500. The molecule has 0 amide bonds. The number of hydrogen-bond acceptors (Lipinski definition) is 6. The number of nitrogens with zero attached hydrogens (tertiary/aromatic N) is 3. The van der Waals surface area contributed by atoms with Crippen LogP contribution in [-0.2, 0) is 0 Å².